The van der Waals surface area contributed by atoms with Crippen LogP contribution in [-0.4, -0.2) is 29.6 Å². The molecular formula is C17H26N2O3. The first-order valence-corrected chi connectivity index (χ1v) is 7.66. The molecular weight excluding hydrogens is 280 g/mol. The molecule has 5 nitrogen and oxygen atoms in total. The largest absolute Gasteiger partial charge is 0.396 e. The third-order valence-corrected chi connectivity index (χ3v) is 3.45. The maximum Gasteiger partial charge on any atom is 0.222 e. The Bertz CT molecular complexity index is 485. The maximum absolute atomic E-state index is 12.1. The highest BCUT2D eigenvalue weighted by molar-refractivity contribution is 5.79. The Morgan fingerprint density at radius 2 is 1.82 bits per heavy atom. The van der Waals surface area contributed by atoms with Crippen molar-refractivity contribution in [1.82, 2.24) is 10.6 Å². The predicted octanol–water partition coefficient (Wildman–Crippen LogP) is 1.84. The Kier molecular flexibility index (Phi) is 7.60. The minimum Gasteiger partial charge on any atom is -0.396 e. The summed E-state index contributed by atoms with van der Waals surface area (Å²) in [4.78, 5) is 23.5. The van der Waals surface area contributed by atoms with E-state index in [-0.39, 0.29) is 36.9 Å². The Morgan fingerprint density at radius 1 is 1.18 bits per heavy atom. The van der Waals surface area contributed by atoms with Crippen LogP contribution in [0.5, 0.6) is 0 Å². The summed E-state index contributed by atoms with van der Waals surface area (Å²) in [5.74, 6) is -0.267. The van der Waals surface area contributed by atoms with Gasteiger partial charge in [-0.2, -0.15) is 0 Å². The summed E-state index contributed by atoms with van der Waals surface area (Å²) in [6.45, 7) is 5.47. The minimum atomic E-state index is -0.330. The molecule has 0 spiro atoms. The molecule has 0 aliphatic carbocycles. The van der Waals surface area contributed by atoms with E-state index >= 15 is 0 Å². The van der Waals surface area contributed by atoms with Gasteiger partial charge in [0.1, 0.15) is 0 Å². The second kappa shape index (κ2) is 9.20. The Balaban J connectivity index is 2.66. The molecule has 0 aliphatic heterocycles. The van der Waals surface area contributed by atoms with Crippen LogP contribution in [0.1, 0.15) is 50.3 Å². The fourth-order valence-electron chi connectivity index (χ4n) is 2.29. The zero-order chi connectivity index (χ0) is 16.5. The number of hydrogen-bond acceptors (Lipinski definition) is 3. The van der Waals surface area contributed by atoms with Crippen LogP contribution in [0.3, 0.4) is 0 Å². The highest BCUT2D eigenvalue weighted by Crippen LogP contribution is 2.17. The molecule has 0 radical (unpaired) electrons. The van der Waals surface area contributed by atoms with E-state index in [2.05, 4.69) is 10.6 Å². The standard InChI is InChI=1S/C17H26N2O3/c1-12-6-8-15(9-7-12)16(19-14(3)21)11-17(22)18-13(2)5-4-10-20/h6-9,13,16,20H,4-5,10-11H2,1-3H3,(H,18,22)(H,19,21). The van der Waals surface area contributed by atoms with E-state index in [0.29, 0.717) is 6.42 Å². The molecule has 2 amide bonds. The van der Waals surface area contributed by atoms with Gasteiger partial charge in [-0.25, -0.2) is 0 Å². The Hall–Kier alpha value is -1.88. The summed E-state index contributed by atoms with van der Waals surface area (Å²) in [6.07, 6.45) is 1.60. The van der Waals surface area contributed by atoms with E-state index in [9.17, 15) is 9.59 Å². The molecule has 1 aromatic rings. The summed E-state index contributed by atoms with van der Waals surface area (Å²) in [7, 11) is 0. The quantitative estimate of drug-likeness (QED) is 0.686. The van der Waals surface area contributed by atoms with E-state index in [0.717, 1.165) is 17.5 Å². The van der Waals surface area contributed by atoms with Gasteiger partial charge < -0.3 is 15.7 Å². The van der Waals surface area contributed by atoms with Crippen LogP contribution in [0, 0.1) is 6.92 Å². The molecule has 122 valence electrons. The molecule has 0 saturated carbocycles. The van der Waals surface area contributed by atoms with Crippen molar-refractivity contribution < 1.29 is 14.7 Å². The number of carbonyl (C=O) groups is 2. The van der Waals surface area contributed by atoms with Crippen molar-refractivity contribution in [2.45, 2.75) is 52.1 Å². The van der Waals surface area contributed by atoms with Gasteiger partial charge in [0, 0.05) is 19.6 Å². The molecule has 22 heavy (non-hydrogen) atoms. The number of benzene rings is 1. The van der Waals surface area contributed by atoms with Gasteiger partial charge in [0.25, 0.3) is 0 Å². The number of rotatable bonds is 8. The molecule has 0 bridgehead atoms. The lowest BCUT2D eigenvalue weighted by molar-refractivity contribution is -0.123. The fourth-order valence-corrected chi connectivity index (χ4v) is 2.29. The highest BCUT2D eigenvalue weighted by atomic mass is 16.3. The number of hydrogen-bond donors (Lipinski definition) is 3. The maximum atomic E-state index is 12.1. The van der Waals surface area contributed by atoms with E-state index in [1.165, 1.54) is 6.92 Å². The third-order valence-electron chi connectivity index (χ3n) is 3.45. The average Bonchev–Trinajstić information content (AvgIpc) is 2.44. The van der Waals surface area contributed by atoms with Crippen molar-refractivity contribution in [2.24, 2.45) is 0 Å². The summed E-state index contributed by atoms with van der Waals surface area (Å²) < 4.78 is 0. The summed E-state index contributed by atoms with van der Waals surface area (Å²) in [5.41, 5.74) is 2.05. The zero-order valence-electron chi connectivity index (χ0n) is 13.6. The zero-order valence-corrected chi connectivity index (χ0v) is 13.6. The molecule has 0 aromatic heterocycles. The Labute approximate surface area is 132 Å². The van der Waals surface area contributed by atoms with Crippen LogP contribution in [0.4, 0.5) is 0 Å². The molecule has 0 heterocycles. The van der Waals surface area contributed by atoms with Crippen molar-refractivity contribution in [3.8, 4) is 0 Å². The summed E-state index contributed by atoms with van der Waals surface area (Å²) in [6, 6.07) is 7.47. The molecule has 0 fully saturated rings. The van der Waals surface area contributed by atoms with Gasteiger partial charge in [-0.15, -0.1) is 0 Å². The fraction of sp³-hybridized carbons (Fsp3) is 0.529. The minimum absolute atomic E-state index is 0.00986. The lowest BCUT2D eigenvalue weighted by atomic mass is 10.0. The van der Waals surface area contributed by atoms with Crippen LogP contribution in [0.25, 0.3) is 0 Å². The van der Waals surface area contributed by atoms with Gasteiger partial charge in [0.15, 0.2) is 0 Å². The van der Waals surface area contributed by atoms with Crippen LogP contribution >= 0.6 is 0 Å². The monoisotopic (exact) mass is 306 g/mol. The first kappa shape index (κ1) is 18.2. The molecule has 0 aliphatic rings. The topological polar surface area (TPSA) is 78.4 Å². The average molecular weight is 306 g/mol. The first-order chi connectivity index (χ1) is 10.4. The van der Waals surface area contributed by atoms with Gasteiger partial charge in [0.05, 0.1) is 12.5 Å². The highest BCUT2D eigenvalue weighted by Gasteiger charge is 2.18. The Morgan fingerprint density at radius 3 is 2.36 bits per heavy atom. The number of nitrogens with one attached hydrogen (secondary N) is 2. The smallest absolute Gasteiger partial charge is 0.222 e. The summed E-state index contributed by atoms with van der Waals surface area (Å²) in [5, 5.41) is 14.5. The van der Waals surface area contributed by atoms with E-state index < -0.39 is 0 Å². The molecule has 2 unspecified atom stereocenters. The lowest BCUT2D eigenvalue weighted by Gasteiger charge is -2.20. The second-order valence-electron chi connectivity index (χ2n) is 5.70. The van der Waals surface area contributed by atoms with Crippen molar-refractivity contribution in [1.29, 1.82) is 0 Å². The summed E-state index contributed by atoms with van der Waals surface area (Å²) >= 11 is 0. The molecule has 3 N–H and O–H groups in total. The predicted molar refractivity (Wildman–Crippen MR) is 86.3 cm³/mol. The normalized spacial score (nSPS) is 13.3. The van der Waals surface area contributed by atoms with Crippen molar-refractivity contribution in [3.05, 3.63) is 35.4 Å². The van der Waals surface area contributed by atoms with Gasteiger partial charge in [-0.1, -0.05) is 29.8 Å². The van der Waals surface area contributed by atoms with E-state index in [1.54, 1.807) is 0 Å². The second-order valence-corrected chi connectivity index (χ2v) is 5.70. The van der Waals surface area contributed by atoms with Gasteiger partial charge in [-0.05, 0) is 32.3 Å². The SMILES string of the molecule is CC(=O)NC(CC(=O)NC(C)CCCO)c1ccc(C)cc1. The molecule has 1 rings (SSSR count). The molecule has 0 saturated heterocycles. The van der Waals surface area contributed by atoms with Crippen molar-refractivity contribution >= 4 is 11.8 Å². The van der Waals surface area contributed by atoms with E-state index in [1.807, 2.05) is 38.1 Å². The molecule has 5 heteroatoms. The number of amides is 2. The first-order valence-electron chi connectivity index (χ1n) is 7.66. The number of carbonyl (C=O) groups excluding carboxylic acids is 2. The van der Waals surface area contributed by atoms with E-state index in [4.69, 9.17) is 5.11 Å². The number of aliphatic hydroxyl groups is 1. The van der Waals surface area contributed by atoms with Crippen molar-refractivity contribution in [2.75, 3.05) is 6.61 Å². The van der Waals surface area contributed by atoms with Crippen molar-refractivity contribution in [3.63, 3.8) is 0 Å². The van der Waals surface area contributed by atoms with Crippen LogP contribution in [0.15, 0.2) is 24.3 Å². The van der Waals surface area contributed by atoms with Crippen LogP contribution in [0.2, 0.25) is 0 Å². The third kappa shape index (κ3) is 6.72. The number of aliphatic hydroxyl groups excluding tert-OH is 1. The van der Waals surface area contributed by atoms with Gasteiger partial charge in [-0.3, -0.25) is 9.59 Å². The molecule has 2 atom stereocenters. The molecule has 1 aromatic carbocycles. The lowest BCUT2D eigenvalue weighted by Crippen LogP contribution is -2.36. The number of aryl methyl sites for hydroxylation is 1. The van der Waals surface area contributed by atoms with Crippen LogP contribution in [-0.2, 0) is 9.59 Å². The van der Waals surface area contributed by atoms with Gasteiger partial charge >= 0.3 is 0 Å². The van der Waals surface area contributed by atoms with Gasteiger partial charge in [0.2, 0.25) is 11.8 Å². The van der Waals surface area contributed by atoms with Crippen LogP contribution < -0.4 is 10.6 Å².